The van der Waals surface area contributed by atoms with Gasteiger partial charge in [0.15, 0.2) is 5.75 Å². The normalized spacial score (nSPS) is 12.2. The lowest BCUT2D eigenvalue weighted by atomic mass is 10.1. The molecular formula is C11H13BrClNO3. The highest BCUT2D eigenvalue weighted by molar-refractivity contribution is 9.09. The molecule has 4 nitrogen and oxygen atoms in total. The minimum atomic E-state index is -0.490. The quantitative estimate of drug-likeness (QED) is 0.451. The molecule has 0 fully saturated rings. The first-order chi connectivity index (χ1) is 8.08. The summed E-state index contributed by atoms with van der Waals surface area (Å²) in [5.41, 5.74) is -0.0954. The number of benzene rings is 1. The van der Waals surface area contributed by atoms with Gasteiger partial charge in [0.2, 0.25) is 0 Å². The van der Waals surface area contributed by atoms with E-state index in [2.05, 4.69) is 15.9 Å². The molecule has 94 valence electrons. The van der Waals surface area contributed by atoms with E-state index in [0.29, 0.717) is 17.5 Å². The van der Waals surface area contributed by atoms with Crippen LogP contribution in [0.1, 0.15) is 13.3 Å². The van der Waals surface area contributed by atoms with Gasteiger partial charge in [-0.3, -0.25) is 10.1 Å². The van der Waals surface area contributed by atoms with Gasteiger partial charge in [-0.25, -0.2) is 0 Å². The Kier molecular flexibility index (Phi) is 5.71. The second-order valence-electron chi connectivity index (χ2n) is 3.61. The summed E-state index contributed by atoms with van der Waals surface area (Å²) in [5, 5.41) is 12.0. The standard InChI is InChI=1S/C11H13BrClNO3/c1-2-8(6-12)7-17-11-4-3-9(13)5-10(11)14(15)16/h3-5,8H,2,6-7H2,1H3. The topological polar surface area (TPSA) is 52.4 Å². The maximum Gasteiger partial charge on any atom is 0.312 e. The molecule has 1 atom stereocenters. The molecule has 0 spiro atoms. The zero-order valence-electron chi connectivity index (χ0n) is 9.36. The summed E-state index contributed by atoms with van der Waals surface area (Å²) in [5.74, 6) is 0.601. The molecule has 0 bridgehead atoms. The fourth-order valence-corrected chi connectivity index (χ4v) is 2.05. The van der Waals surface area contributed by atoms with Crippen molar-refractivity contribution in [3.05, 3.63) is 33.3 Å². The highest BCUT2D eigenvalue weighted by Crippen LogP contribution is 2.30. The van der Waals surface area contributed by atoms with Crippen LogP contribution < -0.4 is 4.74 Å². The second kappa shape index (κ2) is 6.81. The van der Waals surface area contributed by atoms with Crippen LogP contribution in [0.5, 0.6) is 5.75 Å². The van der Waals surface area contributed by atoms with E-state index in [-0.39, 0.29) is 11.4 Å². The summed E-state index contributed by atoms with van der Waals surface area (Å²) in [6.07, 6.45) is 0.951. The first-order valence-electron chi connectivity index (χ1n) is 5.21. The van der Waals surface area contributed by atoms with E-state index >= 15 is 0 Å². The van der Waals surface area contributed by atoms with Crippen molar-refractivity contribution in [2.24, 2.45) is 5.92 Å². The van der Waals surface area contributed by atoms with E-state index in [9.17, 15) is 10.1 Å². The lowest BCUT2D eigenvalue weighted by Crippen LogP contribution is -2.13. The smallest absolute Gasteiger partial charge is 0.312 e. The van der Waals surface area contributed by atoms with Gasteiger partial charge in [-0.1, -0.05) is 34.5 Å². The number of hydrogen-bond donors (Lipinski definition) is 0. The first kappa shape index (κ1) is 14.3. The van der Waals surface area contributed by atoms with E-state index in [1.54, 1.807) is 6.07 Å². The Morgan fingerprint density at radius 3 is 2.82 bits per heavy atom. The van der Waals surface area contributed by atoms with Crippen molar-refractivity contribution in [1.29, 1.82) is 0 Å². The average Bonchev–Trinajstić information content (AvgIpc) is 2.31. The Morgan fingerprint density at radius 1 is 1.59 bits per heavy atom. The largest absolute Gasteiger partial charge is 0.486 e. The van der Waals surface area contributed by atoms with Gasteiger partial charge in [-0.05, 0) is 18.6 Å². The summed E-state index contributed by atoms with van der Waals surface area (Å²) >= 11 is 9.08. The first-order valence-corrected chi connectivity index (χ1v) is 6.71. The number of rotatable bonds is 6. The molecule has 0 aromatic heterocycles. The Balaban J connectivity index is 2.80. The van der Waals surface area contributed by atoms with Gasteiger partial charge in [-0.15, -0.1) is 0 Å². The predicted octanol–water partition coefficient (Wildman–Crippen LogP) is 4.05. The molecule has 0 radical (unpaired) electrons. The lowest BCUT2D eigenvalue weighted by molar-refractivity contribution is -0.385. The fourth-order valence-electron chi connectivity index (χ4n) is 1.23. The molecule has 0 heterocycles. The molecule has 0 aliphatic heterocycles. The van der Waals surface area contributed by atoms with Gasteiger partial charge >= 0.3 is 5.69 Å². The Labute approximate surface area is 113 Å². The SMILES string of the molecule is CCC(CBr)COc1ccc(Cl)cc1[N+](=O)[O-]. The summed E-state index contributed by atoms with van der Waals surface area (Å²) in [4.78, 5) is 10.3. The van der Waals surface area contributed by atoms with E-state index in [0.717, 1.165) is 11.8 Å². The molecule has 0 N–H and O–H groups in total. The molecule has 0 amide bonds. The second-order valence-corrected chi connectivity index (χ2v) is 4.69. The van der Waals surface area contributed by atoms with E-state index in [4.69, 9.17) is 16.3 Å². The highest BCUT2D eigenvalue weighted by Gasteiger charge is 2.16. The van der Waals surface area contributed by atoms with Gasteiger partial charge in [-0.2, -0.15) is 0 Å². The van der Waals surface area contributed by atoms with Crippen molar-refractivity contribution >= 4 is 33.2 Å². The third-order valence-electron chi connectivity index (χ3n) is 2.39. The maximum atomic E-state index is 10.8. The zero-order valence-corrected chi connectivity index (χ0v) is 11.7. The monoisotopic (exact) mass is 321 g/mol. The van der Waals surface area contributed by atoms with Crippen LogP contribution in [0.3, 0.4) is 0 Å². The highest BCUT2D eigenvalue weighted by atomic mass is 79.9. The molecule has 0 aliphatic rings. The Bertz CT molecular complexity index is 396. The average molecular weight is 323 g/mol. The number of nitrogens with zero attached hydrogens (tertiary/aromatic N) is 1. The van der Waals surface area contributed by atoms with E-state index in [1.807, 2.05) is 6.92 Å². The van der Waals surface area contributed by atoms with Crippen LogP contribution in [0.4, 0.5) is 5.69 Å². The number of nitro groups is 1. The zero-order chi connectivity index (χ0) is 12.8. The molecule has 17 heavy (non-hydrogen) atoms. The van der Waals surface area contributed by atoms with Crippen LogP contribution in [0.2, 0.25) is 5.02 Å². The molecule has 0 aliphatic carbocycles. The molecule has 6 heteroatoms. The molecule has 0 saturated heterocycles. The van der Waals surface area contributed by atoms with Crippen molar-refractivity contribution < 1.29 is 9.66 Å². The summed E-state index contributed by atoms with van der Waals surface area (Å²) in [6.45, 7) is 2.50. The molecule has 1 unspecified atom stereocenters. The van der Waals surface area contributed by atoms with E-state index in [1.165, 1.54) is 12.1 Å². The molecule has 0 saturated carbocycles. The fraction of sp³-hybridized carbons (Fsp3) is 0.455. The van der Waals surface area contributed by atoms with Crippen LogP contribution in [0, 0.1) is 16.0 Å². The summed E-state index contributed by atoms with van der Waals surface area (Å²) in [6, 6.07) is 4.41. The lowest BCUT2D eigenvalue weighted by Gasteiger charge is -2.13. The van der Waals surface area contributed by atoms with Gasteiger partial charge in [0.1, 0.15) is 0 Å². The number of halogens is 2. The van der Waals surface area contributed by atoms with Crippen LogP contribution in [-0.4, -0.2) is 16.9 Å². The van der Waals surface area contributed by atoms with Crippen LogP contribution in [0.15, 0.2) is 18.2 Å². The third-order valence-corrected chi connectivity index (χ3v) is 3.54. The van der Waals surface area contributed by atoms with Crippen molar-refractivity contribution in [1.82, 2.24) is 0 Å². The van der Waals surface area contributed by atoms with Crippen LogP contribution in [-0.2, 0) is 0 Å². The van der Waals surface area contributed by atoms with Crippen molar-refractivity contribution in [2.45, 2.75) is 13.3 Å². The summed E-state index contributed by atoms with van der Waals surface area (Å²) in [7, 11) is 0. The number of alkyl halides is 1. The minimum absolute atomic E-state index is 0.0954. The molecule has 1 aromatic rings. The summed E-state index contributed by atoms with van der Waals surface area (Å²) < 4.78 is 5.47. The number of ether oxygens (including phenoxy) is 1. The van der Waals surface area contributed by atoms with E-state index < -0.39 is 4.92 Å². The minimum Gasteiger partial charge on any atom is -0.486 e. The van der Waals surface area contributed by atoms with Gasteiger partial charge in [0.25, 0.3) is 0 Å². The molecule has 1 rings (SSSR count). The Morgan fingerprint density at radius 2 is 2.29 bits per heavy atom. The van der Waals surface area contributed by atoms with Gasteiger partial charge in [0.05, 0.1) is 11.5 Å². The third kappa shape index (κ3) is 4.16. The van der Waals surface area contributed by atoms with Gasteiger partial charge < -0.3 is 4.74 Å². The van der Waals surface area contributed by atoms with Crippen molar-refractivity contribution in [2.75, 3.05) is 11.9 Å². The maximum absolute atomic E-state index is 10.8. The molecular weight excluding hydrogens is 309 g/mol. The molecule has 1 aromatic carbocycles. The van der Waals surface area contributed by atoms with Crippen molar-refractivity contribution in [3.8, 4) is 5.75 Å². The van der Waals surface area contributed by atoms with Crippen LogP contribution in [0.25, 0.3) is 0 Å². The number of hydrogen-bond acceptors (Lipinski definition) is 3. The van der Waals surface area contributed by atoms with Crippen LogP contribution >= 0.6 is 27.5 Å². The number of nitro benzene ring substituents is 1. The predicted molar refractivity (Wildman–Crippen MR) is 71.2 cm³/mol. The van der Waals surface area contributed by atoms with Crippen molar-refractivity contribution in [3.63, 3.8) is 0 Å². The van der Waals surface area contributed by atoms with Gasteiger partial charge in [0, 0.05) is 22.3 Å². The Hall–Kier alpha value is -0.810.